The van der Waals surface area contributed by atoms with Crippen LogP contribution in [0.2, 0.25) is 0 Å². The molecule has 5 heteroatoms. The van der Waals surface area contributed by atoms with Gasteiger partial charge in [0.25, 0.3) is 0 Å². The SMILES string of the molecule is COC(=O)C1c2ccsc2CCN1C(=O)CC(C)C. The molecule has 4 nitrogen and oxygen atoms in total. The molecule has 1 aromatic heterocycles. The van der Waals surface area contributed by atoms with Crippen molar-refractivity contribution in [3.63, 3.8) is 0 Å². The fraction of sp³-hybridized carbons (Fsp3) is 0.571. The van der Waals surface area contributed by atoms with Crippen LogP contribution in [0.5, 0.6) is 0 Å². The quantitative estimate of drug-likeness (QED) is 0.799. The van der Waals surface area contributed by atoms with Crippen molar-refractivity contribution in [2.24, 2.45) is 5.92 Å². The third-order valence-electron chi connectivity index (χ3n) is 3.29. The Morgan fingerprint density at radius 2 is 2.26 bits per heavy atom. The van der Waals surface area contributed by atoms with Gasteiger partial charge in [0.2, 0.25) is 5.91 Å². The molecular formula is C14H19NO3S. The van der Waals surface area contributed by atoms with Crippen LogP contribution < -0.4 is 0 Å². The van der Waals surface area contributed by atoms with E-state index in [1.807, 2.05) is 25.3 Å². The monoisotopic (exact) mass is 281 g/mol. The second-order valence-electron chi connectivity index (χ2n) is 5.16. The van der Waals surface area contributed by atoms with E-state index in [2.05, 4.69) is 0 Å². The first-order chi connectivity index (χ1) is 9.04. The Morgan fingerprint density at radius 1 is 1.53 bits per heavy atom. The van der Waals surface area contributed by atoms with Crippen LogP contribution >= 0.6 is 11.3 Å². The van der Waals surface area contributed by atoms with E-state index < -0.39 is 6.04 Å². The van der Waals surface area contributed by atoms with Gasteiger partial charge in [0, 0.05) is 17.8 Å². The van der Waals surface area contributed by atoms with Gasteiger partial charge in [-0.1, -0.05) is 13.8 Å². The molecule has 1 aliphatic rings. The molecule has 1 aliphatic heterocycles. The lowest BCUT2D eigenvalue weighted by atomic mass is 9.98. The number of carbonyl (C=O) groups is 2. The summed E-state index contributed by atoms with van der Waals surface area (Å²) in [6.07, 6.45) is 1.29. The Hall–Kier alpha value is -1.36. The van der Waals surface area contributed by atoms with Crippen molar-refractivity contribution in [3.05, 3.63) is 21.9 Å². The topological polar surface area (TPSA) is 46.6 Å². The summed E-state index contributed by atoms with van der Waals surface area (Å²) in [6.45, 7) is 4.61. The summed E-state index contributed by atoms with van der Waals surface area (Å²) < 4.78 is 4.87. The summed E-state index contributed by atoms with van der Waals surface area (Å²) in [5, 5.41) is 1.97. The molecule has 1 atom stereocenters. The minimum atomic E-state index is -0.564. The molecule has 0 aliphatic carbocycles. The molecule has 0 saturated carbocycles. The highest BCUT2D eigenvalue weighted by molar-refractivity contribution is 7.10. The van der Waals surface area contributed by atoms with Crippen LogP contribution in [0.25, 0.3) is 0 Å². The van der Waals surface area contributed by atoms with E-state index in [1.54, 1.807) is 16.2 Å². The zero-order valence-corrected chi connectivity index (χ0v) is 12.3. The van der Waals surface area contributed by atoms with E-state index in [0.717, 1.165) is 12.0 Å². The molecule has 0 saturated heterocycles. The van der Waals surface area contributed by atoms with Crippen LogP contribution in [0.3, 0.4) is 0 Å². The summed E-state index contributed by atoms with van der Waals surface area (Å²) in [7, 11) is 1.37. The predicted octanol–water partition coefficient (Wildman–Crippen LogP) is 2.39. The maximum Gasteiger partial charge on any atom is 0.333 e. The summed E-state index contributed by atoms with van der Waals surface area (Å²) in [4.78, 5) is 27.2. The van der Waals surface area contributed by atoms with E-state index in [0.29, 0.717) is 13.0 Å². The summed E-state index contributed by atoms with van der Waals surface area (Å²) in [5.41, 5.74) is 0.931. The Balaban J connectivity index is 2.29. The van der Waals surface area contributed by atoms with Crippen molar-refractivity contribution in [2.75, 3.05) is 13.7 Å². The van der Waals surface area contributed by atoms with E-state index in [9.17, 15) is 9.59 Å². The van der Waals surface area contributed by atoms with Crippen molar-refractivity contribution in [2.45, 2.75) is 32.7 Å². The third-order valence-corrected chi connectivity index (χ3v) is 4.29. The number of esters is 1. The van der Waals surface area contributed by atoms with Gasteiger partial charge in [-0.05, 0) is 29.3 Å². The lowest BCUT2D eigenvalue weighted by Gasteiger charge is -2.34. The predicted molar refractivity (Wildman–Crippen MR) is 73.9 cm³/mol. The summed E-state index contributed by atoms with van der Waals surface area (Å²) in [6, 6.07) is 1.36. The molecule has 2 heterocycles. The Morgan fingerprint density at radius 3 is 2.89 bits per heavy atom. The van der Waals surface area contributed by atoms with Gasteiger partial charge in [0.15, 0.2) is 6.04 Å². The van der Waals surface area contributed by atoms with Crippen LogP contribution in [-0.2, 0) is 20.7 Å². The maximum atomic E-state index is 12.3. The van der Waals surface area contributed by atoms with Gasteiger partial charge in [-0.3, -0.25) is 4.79 Å². The highest BCUT2D eigenvalue weighted by atomic mass is 32.1. The minimum absolute atomic E-state index is 0.0299. The average molecular weight is 281 g/mol. The summed E-state index contributed by atoms with van der Waals surface area (Å²) in [5.74, 6) is -0.0339. The van der Waals surface area contributed by atoms with Gasteiger partial charge in [-0.2, -0.15) is 0 Å². The molecule has 0 spiro atoms. The molecule has 1 aromatic rings. The Kier molecular flexibility index (Phi) is 4.24. The second-order valence-corrected chi connectivity index (χ2v) is 6.16. The van der Waals surface area contributed by atoms with Crippen molar-refractivity contribution >= 4 is 23.2 Å². The number of ether oxygens (including phenoxy) is 1. The van der Waals surface area contributed by atoms with Gasteiger partial charge in [0.05, 0.1) is 7.11 Å². The summed E-state index contributed by atoms with van der Waals surface area (Å²) >= 11 is 1.64. The fourth-order valence-electron chi connectivity index (χ4n) is 2.42. The van der Waals surface area contributed by atoms with E-state index in [1.165, 1.54) is 12.0 Å². The molecule has 0 bridgehead atoms. The van der Waals surface area contributed by atoms with Crippen molar-refractivity contribution < 1.29 is 14.3 Å². The standard InChI is InChI=1S/C14H19NO3S/c1-9(2)8-12(16)15-6-4-11-10(5-7-19-11)13(15)14(17)18-3/h5,7,9,13H,4,6,8H2,1-3H3. The van der Waals surface area contributed by atoms with Gasteiger partial charge in [0.1, 0.15) is 0 Å². The zero-order chi connectivity index (χ0) is 14.0. The largest absolute Gasteiger partial charge is 0.467 e. The Labute approximate surface area is 117 Å². The number of thiophene rings is 1. The lowest BCUT2D eigenvalue weighted by Crippen LogP contribution is -2.43. The number of amides is 1. The molecule has 2 rings (SSSR count). The van der Waals surface area contributed by atoms with Crippen molar-refractivity contribution in [1.82, 2.24) is 4.90 Å². The molecule has 0 fully saturated rings. The Bertz CT molecular complexity index is 481. The van der Waals surface area contributed by atoms with Crippen LogP contribution in [0, 0.1) is 5.92 Å². The van der Waals surface area contributed by atoms with Crippen LogP contribution in [0.15, 0.2) is 11.4 Å². The van der Waals surface area contributed by atoms with Crippen LogP contribution in [0.4, 0.5) is 0 Å². The lowest BCUT2D eigenvalue weighted by molar-refractivity contribution is -0.154. The van der Waals surface area contributed by atoms with E-state index in [-0.39, 0.29) is 17.8 Å². The van der Waals surface area contributed by atoms with E-state index >= 15 is 0 Å². The molecule has 0 radical (unpaired) electrons. The van der Waals surface area contributed by atoms with Gasteiger partial charge in [-0.15, -0.1) is 11.3 Å². The van der Waals surface area contributed by atoms with Gasteiger partial charge >= 0.3 is 5.97 Å². The molecule has 1 amide bonds. The van der Waals surface area contributed by atoms with Crippen LogP contribution in [0.1, 0.15) is 36.8 Å². The number of nitrogens with zero attached hydrogens (tertiary/aromatic N) is 1. The molecule has 104 valence electrons. The number of fused-ring (bicyclic) bond motifs is 1. The van der Waals surface area contributed by atoms with Gasteiger partial charge in [-0.25, -0.2) is 4.79 Å². The fourth-order valence-corrected chi connectivity index (χ4v) is 3.32. The molecule has 19 heavy (non-hydrogen) atoms. The van der Waals surface area contributed by atoms with Gasteiger partial charge < -0.3 is 9.64 Å². The third kappa shape index (κ3) is 2.81. The average Bonchev–Trinajstić information content (AvgIpc) is 2.83. The van der Waals surface area contributed by atoms with Crippen molar-refractivity contribution in [1.29, 1.82) is 0 Å². The highest BCUT2D eigenvalue weighted by Gasteiger charge is 2.37. The van der Waals surface area contributed by atoms with Crippen molar-refractivity contribution in [3.8, 4) is 0 Å². The smallest absolute Gasteiger partial charge is 0.333 e. The number of methoxy groups -OCH3 is 1. The molecule has 0 N–H and O–H groups in total. The van der Waals surface area contributed by atoms with E-state index in [4.69, 9.17) is 4.74 Å². The number of hydrogen-bond donors (Lipinski definition) is 0. The zero-order valence-electron chi connectivity index (χ0n) is 11.5. The number of rotatable bonds is 3. The normalized spacial score (nSPS) is 18.3. The molecular weight excluding hydrogens is 262 g/mol. The van der Waals surface area contributed by atoms with Crippen LogP contribution in [-0.4, -0.2) is 30.4 Å². The molecule has 1 unspecified atom stereocenters. The first-order valence-electron chi connectivity index (χ1n) is 6.48. The minimum Gasteiger partial charge on any atom is -0.467 e. The number of carbonyl (C=O) groups excluding carboxylic acids is 2. The first-order valence-corrected chi connectivity index (χ1v) is 7.36. The highest BCUT2D eigenvalue weighted by Crippen LogP contribution is 2.34. The number of hydrogen-bond acceptors (Lipinski definition) is 4. The molecule has 0 aromatic carbocycles. The first kappa shape index (κ1) is 14.1. The second kappa shape index (κ2) is 5.74. The maximum absolute atomic E-state index is 12.3.